The Balaban J connectivity index is 0.000000655. The first kappa shape index (κ1) is 28.1. The van der Waals surface area contributed by atoms with Crippen LogP contribution >= 0.6 is 0 Å². The molecule has 2 aromatic heterocycles. The van der Waals surface area contributed by atoms with Crippen molar-refractivity contribution in [1.29, 1.82) is 0 Å². The summed E-state index contributed by atoms with van der Waals surface area (Å²) in [6.45, 7) is 13.1. The molecule has 0 bridgehead atoms. The molecule has 1 aliphatic rings. The van der Waals surface area contributed by atoms with E-state index in [1.54, 1.807) is 19.1 Å². The number of hydrogen-bond acceptors (Lipinski definition) is 6. The topological polar surface area (TPSA) is 74.5 Å². The molecule has 6 nitrogen and oxygen atoms in total. The van der Waals surface area contributed by atoms with Crippen molar-refractivity contribution in [2.24, 2.45) is 11.8 Å². The highest BCUT2D eigenvalue weighted by atomic mass is 19.3. The Hall–Kier alpha value is -3.10. The average Bonchev–Trinajstić information content (AvgIpc) is 3.18. The summed E-state index contributed by atoms with van der Waals surface area (Å²) in [5, 5.41) is 0. The van der Waals surface area contributed by atoms with Crippen molar-refractivity contribution in [2.45, 2.75) is 60.8 Å². The van der Waals surface area contributed by atoms with Gasteiger partial charge in [-0.2, -0.15) is 0 Å². The Morgan fingerprint density at radius 3 is 2.37 bits per heavy atom. The molecule has 0 saturated heterocycles. The maximum absolute atomic E-state index is 14.5. The number of halogens is 3. The molecule has 0 amide bonds. The fourth-order valence-corrected chi connectivity index (χ4v) is 2.94. The number of alkyl halides is 2. The fraction of sp³-hybridized carbons (Fsp3) is 0.500. The van der Waals surface area contributed by atoms with Crippen molar-refractivity contribution in [3.63, 3.8) is 0 Å². The van der Waals surface area contributed by atoms with Crippen molar-refractivity contribution in [1.82, 2.24) is 9.97 Å². The zero-order chi connectivity index (χ0) is 26.3. The van der Waals surface area contributed by atoms with Gasteiger partial charge in [-0.05, 0) is 44.4 Å². The highest BCUT2D eigenvalue weighted by Crippen LogP contribution is 2.48. The zero-order valence-electron chi connectivity index (χ0n) is 21.2. The van der Waals surface area contributed by atoms with E-state index in [2.05, 4.69) is 9.97 Å². The third-order valence-electron chi connectivity index (χ3n) is 4.68. The molecule has 1 saturated carbocycles. The van der Waals surface area contributed by atoms with Crippen LogP contribution < -0.4 is 9.47 Å². The monoisotopic (exact) mass is 494 g/mol. The predicted octanol–water partition coefficient (Wildman–Crippen LogP) is 7.03. The fourth-order valence-electron chi connectivity index (χ4n) is 2.94. The van der Waals surface area contributed by atoms with Crippen LogP contribution in [0.2, 0.25) is 0 Å². The summed E-state index contributed by atoms with van der Waals surface area (Å²) in [5.41, 5.74) is 1.89. The van der Waals surface area contributed by atoms with E-state index in [1.807, 2.05) is 27.7 Å². The van der Waals surface area contributed by atoms with Crippen LogP contribution in [0.4, 0.5) is 13.2 Å². The van der Waals surface area contributed by atoms with E-state index in [4.69, 9.17) is 13.9 Å². The molecule has 1 aliphatic carbocycles. The number of carbonyl (C=O) groups excluding carboxylic acids is 1. The number of ketones is 1. The minimum Gasteiger partial charge on any atom is -0.490 e. The highest BCUT2D eigenvalue weighted by molar-refractivity contribution is 5.76. The molecular formula is C26H33F3N2O4. The van der Waals surface area contributed by atoms with Crippen LogP contribution in [0.15, 0.2) is 28.8 Å². The molecule has 0 spiro atoms. The maximum atomic E-state index is 14.5. The molecule has 4 rings (SSSR count). The van der Waals surface area contributed by atoms with Crippen molar-refractivity contribution in [2.75, 3.05) is 13.2 Å². The average molecular weight is 495 g/mol. The van der Waals surface area contributed by atoms with Crippen molar-refractivity contribution in [3.8, 4) is 23.1 Å². The summed E-state index contributed by atoms with van der Waals surface area (Å²) < 4.78 is 57.2. The van der Waals surface area contributed by atoms with Gasteiger partial charge in [-0.25, -0.2) is 23.1 Å². The van der Waals surface area contributed by atoms with Crippen LogP contribution in [0.25, 0.3) is 22.6 Å². The molecule has 9 heteroatoms. The largest absolute Gasteiger partial charge is 0.490 e. The predicted molar refractivity (Wildman–Crippen MR) is 129 cm³/mol. The Bertz CT molecular complexity index is 1120. The third-order valence-corrected chi connectivity index (χ3v) is 4.68. The van der Waals surface area contributed by atoms with Gasteiger partial charge in [-0.3, -0.25) is 0 Å². The van der Waals surface area contributed by atoms with E-state index in [0.717, 1.165) is 0 Å². The van der Waals surface area contributed by atoms with Crippen LogP contribution in [-0.4, -0.2) is 34.9 Å². The van der Waals surface area contributed by atoms with Crippen LogP contribution in [0.3, 0.4) is 0 Å². The lowest BCUT2D eigenvalue weighted by atomic mass is 10.1. The van der Waals surface area contributed by atoms with Crippen LogP contribution in [0, 0.1) is 24.6 Å². The van der Waals surface area contributed by atoms with Gasteiger partial charge in [0.05, 0.1) is 25.3 Å². The number of hydrogen-bond donors (Lipinski definition) is 0. The SMILES string of the molecule is CC.CC(C)=O.Cc1cc(-c2nc3cnc(OCC(C)C)cc3o2)cc(F)c1OCC1CC1(F)F. The molecule has 2 heterocycles. The summed E-state index contributed by atoms with van der Waals surface area (Å²) in [7, 11) is 0. The standard InChI is InChI=1S/C21H21F3N2O3.C3H6O.C2H6/c1-11(2)9-27-18-6-17-16(8-25-18)26-20(29-17)13-4-12(3)19(15(22)5-13)28-10-14-7-21(14,23)24;1-3(2)4;1-2/h4-6,8,11,14H,7,9-10H2,1-3H3;1-2H3;1-2H3. The molecule has 1 atom stereocenters. The zero-order valence-corrected chi connectivity index (χ0v) is 21.2. The summed E-state index contributed by atoms with van der Waals surface area (Å²) in [4.78, 5) is 18.0. The summed E-state index contributed by atoms with van der Waals surface area (Å²) in [5.74, 6) is -3.05. The number of aryl methyl sites for hydroxylation is 1. The summed E-state index contributed by atoms with van der Waals surface area (Å²) in [6, 6.07) is 4.52. The smallest absolute Gasteiger partial charge is 0.255 e. The summed E-state index contributed by atoms with van der Waals surface area (Å²) in [6.07, 6.45) is 1.32. The van der Waals surface area contributed by atoms with Crippen LogP contribution in [0.1, 0.15) is 53.5 Å². The third kappa shape index (κ3) is 7.97. The lowest BCUT2D eigenvalue weighted by molar-refractivity contribution is -0.115. The number of oxazole rings is 1. The molecule has 3 aromatic rings. The second kappa shape index (κ2) is 12.0. The number of ether oxygens (including phenoxy) is 2. The Kier molecular flexibility index (Phi) is 9.68. The molecule has 0 N–H and O–H groups in total. The highest BCUT2D eigenvalue weighted by Gasteiger charge is 2.57. The van der Waals surface area contributed by atoms with Gasteiger partial charge < -0.3 is 18.7 Å². The van der Waals surface area contributed by atoms with Crippen molar-refractivity contribution in [3.05, 3.63) is 35.8 Å². The van der Waals surface area contributed by atoms with Crippen molar-refractivity contribution >= 4 is 16.9 Å². The number of fused-ring (bicyclic) bond motifs is 1. The number of pyridine rings is 1. The molecule has 1 fully saturated rings. The second-order valence-electron chi connectivity index (χ2n) is 8.70. The number of Topliss-reactive ketones (excluding diaryl/α,β-unsaturated/α-hetero) is 1. The summed E-state index contributed by atoms with van der Waals surface area (Å²) >= 11 is 0. The van der Waals surface area contributed by atoms with Gasteiger partial charge in [0, 0.05) is 18.1 Å². The van der Waals surface area contributed by atoms with Crippen molar-refractivity contribution < 1.29 is 31.9 Å². The Morgan fingerprint density at radius 1 is 1.20 bits per heavy atom. The lowest BCUT2D eigenvalue weighted by Gasteiger charge is -2.11. The molecule has 35 heavy (non-hydrogen) atoms. The minimum absolute atomic E-state index is 0.0291. The van der Waals surface area contributed by atoms with E-state index >= 15 is 0 Å². The normalized spacial score (nSPS) is 15.6. The van der Waals surface area contributed by atoms with Gasteiger partial charge in [-0.15, -0.1) is 0 Å². The number of aromatic nitrogens is 2. The lowest BCUT2D eigenvalue weighted by Crippen LogP contribution is -2.07. The van der Waals surface area contributed by atoms with E-state index < -0.39 is 17.7 Å². The first-order chi connectivity index (χ1) is 16.5. The maximum Gasteiger partial charge on any atom is 0.255 e. The van der Waals surface area contributed by atoms with Crippen LogP contribution in [-0.2, 0) is 4.79 Å². The number of rotatable bonds is 7. The number of benzene rings is 1. The number of nitrogens with zero attached hydrogens (tertiary/aromatic N) is 2. The second-order valence-corrected chi connectivity index (χ2v) is 8.70. The van der Waals surface area contributed by atoms with Gasteiger partial charge in [0.25, 0.3) is 5.92 Å². The van der Waals surface area contributed by atoms with Gasteiger partial charge in [0.1, 0.15) is 11.3 Å². The Labute approximate surface area is 203 Å². The molecule has 1 unspecified atom stereocenters. The van der Waals surface area contributed by atoms with E-state index in [1.165, 1.54) is 26.1 Å². The number of carbonyl (C=O) groups is 1. The van der Waals surface area contributed by atoms with Crippen LogP contribution in [0.5, 0.6) is 11.6 Å². The van der Waals surface area contributed by atoms with E-state index in [0.29, 0.717) is 40.6 Å². The van der Waals surface area contributed by atoms with Gasteiger partial charge in [0.15, 0.2) is 17.1 Å². The quantitative estimate of drug-likeness (QED) is 0.351. The Morgan fingerprint density at radius 2 is 1.83 bits per heavy atom. The molecule has 1 aromatic carbocycles. The molecular weight excluding hydrogens is 461 g/mol. The van der Waals surface area contributed by atoms with Gasteiger partial charge in [-0.1, -0.05) is 27.7 Å². The first-order valence-electron chi connectivity index (χ1n) is 11.6. The molecule has 0 aliphatic heterocycles. The first-order valence-corrected chi connectivity index (χ1v) is 11.6. The van der Waals surface area contributed by atoms with Gasteiger partial charge in [0.2, 0.25) is 11.8 Å². The minimum atomic E-state index is -2.70. The van der Waals surface area contributed by atoms with Gasteiger partial charge >= 0.3 is 0 Å². The van der Waals surface area contributed by atoms with E-state index in [9.17, 15) is 18.0 Å². The van der Waals surface area contributed by atoms with E-state index in [-0.39, 0.29) is 30.5 Å². The molecule has 192 valence electrons. The molecule has 0 radical (unpaired) electrons.